The summed E-state index contributed by atoms with van der Waals surface area (Å²) < 4.78 is 4.42. The summed E-state index contributed by atoms with van der Waals surface area (Å²) in [7, 11) is 2.15. The molecule has 5 heteroatoms. The number of hydrogen-bond acceptors (Lipinski definition) is 3. The van der Waals surface area contributed by atoms with Crippen molar-refractivity contribution in [3.8, 4) is 33.8 Å². The molecule has 0 N–H and O–H groups in total. The van der Waals surface area contributed by atoms with Gasteiger partial charge in [0.2, 0.25) is 0 Å². The standard InChI is InChI=1S/C41H31N5/c1-43-28-44(39-22-11-10-21-38(39)43)31-17-12-18-33(25-31)46-37-20-9-8-19-34(37)35-24-23-32(26-40(35)46)45-27-36(29-13-4-2-5-14-29)41(42-45)30-15-6-3-7-16-30/h2-27H,28H2,1H3. The Morgan fingerprint density at radius 2 is 1.20 bits per heavy atom. The number of benzene rings is 6. The Balaban J connectivity index is 1.22. The molecule has 1 aliphatic rings. The summed E-state index contributed by atoms with van der Waals surface area (Å²) in [6.45, 7) is 0.812. The van der Waals surface area contributed by atoms with Gasteiger partial charge in [-0.05, 0) is 54.1 Å². The molecule has 2 aromatic heterocycles. The van der Waals surface area contributed by atoms with Crippen LogP contribution >= 0.6 is 0 Å². The Kier molecular flexibility index (Phi) is 6.03. The maximum atomic E-state index is 5.18. The van der Waals surface area contributed by atoms with E-state index in [1.165, 1.54) is 33.4 Å². The van der Waals surface area contributed by atoms with Gasteiger partial charge < -0.3 is 14.4 Å². The van der Waals surface area contributed by atoms with E-state index in [1.807, 2.05) is 10.7 Å². The zero-order valence-corrected chi connectivity index (χ0v) is 25.5. The molecule has 5 nitrogen and oxygen atoms in total. The molecule has 0 aliphatic carbocycles. The predicted octanol–water partition coefficient (Wildman–Crippen LogP) is 9.85. The van der Waals surface area contributed by atoms with Crippen LogP contribution in [-0.2, 0) is 0 Å². The van der Waals surface area contributed by atoms with Crippen molar-refractivity contribution in [2.75, 3.05) is 23.5 Å². The van der Waals surface area contributed by atoms with Crippen LogP contribution in [0.5, 0.6) is 0 Å². The Bertz CT molecular complexity index is 2310. The zero-order valence-electron chi connectivity index (χ0n) is 25.5. The molecule has 46 heavy (non-hydrogen) atoms. The van der Waals surface area contributed by atoms with E-state index < -0.39 is 0 Å². The lowest BCUT2D eigenvalue weighted by atomic mass is 10.0. The minimum atomic E-state index is 0.812. The molecule has 0 spiro atoms. The van der Waals surface area contributed by atoms with E-state index >= 15 is 0 Å². The maximum absolute atomic E-state index is 5.18. The number of nitrogens with zero attached hydrogens (tertiary/aromatic N) is 5. The summed E-state index contributed by atoms with van der Waals surface area (Å²) in [5.74, 6) is 0. The van der Waals surface area contributed by atoms with Gasteiger partial charge in [-0.25, -0.2) is 4.68 Å². The van der Waals surface area contributed by atoms with E-state index in [-0.39, 0.29) is 0 Å². The topological polar surface area (TPSA) is 29.2 Å². The van der Waals surface area contributed by atoms with Gasteiger partial charge in [0.25, 0.3) is 0 Å². The maximum Gasteiger partial charge on any atom is 0.101 e. The number of para-hydroxylation sites is 3. The summed E-state index contributed by atoms with van der Waals surface area (Å²) in [6, 6.07) is 53.9. The quantitative estimate of drug-likeness (QED) is 0.199. The van der Waals surface area contributed by atoms with Crippen LogP contribution in [0.2, 0.25) is 0 Å². The van der Waals surface area contributed by atoms with Crippen molar-refractivity contribution >= 4 is 38.9 Å². The first kappa shape index (κ1) is 26.3. The fraction of sp³-hybridized carbons (Fsp3) is 0.0488. The molecule has 0 radical (unpaired) electrons. The SMILES string of the molecule is CN1CN(c2cccc(-n3c4ccccc4c4ccc(-n5cc(-c6ccccc6)c(-c6ccccc6)n5)cc43)c2)c2ccccc21. The first-order valence-electron chi connectivity index (χ1n) is 15.7. The van der Waals surface area contributed by atoms with Crippen LogP contribution in [0, 0.1) is 0 Å². The summed E-state index contributed by atoms with van der Waals surface area (Å²) in [5.41, 5.74) is 12.4. The highest BCUT2D eigenvalue weighted by molar-refractivity contribution is 6.09. The van der Waals surface area contributed by atoms with Gasteiger partial charge >= 0.3 is 0 Å². The molecule has 1 aliphatic heterocycles. The highest BCUT2D eigenvalue weighted by atomic mass is 15.4. The molecule has 220 valence electrons. The van der Waals surface area contributed by atoms with Crippen molar-refractivity contribution in [1.29, 1.82) is 0 Å². The molecule has 0 fully saturated rings. The largest absolute Gasteiger partial charge is 0.355 e. The van der Waals surface area contributed by atoms with Gasteiger partial charge in [-0.3, -0.25) is 0 Å². The molecule has 0 amide bonds. The van der Waals surface area contributed by atoms with Gasteiger partial charge in [-0.15, -0.1) is 0 Å². The third-order valence-corrected chi connectivity index (χ3v) is 9.11. The van der Waals surface area contributed by atoms with Crippen LogP contribution in [0.1, 0.15) is 0 Å². The monoisotopic (exact) mass is 593 g/mol. The smallest absolute Gasteiger partial charge is 0.101 e. The summed E-state index contributed by atoms with van der Waals surface area (Å²) in [4.78, 5) is 4.68. The van der Waals surface area contributed by atoms with Gasteiger partial charge in [0, 0.05) is 46.5 Å². The lowest BCUT2D eigenvalue weighted by Gasteiger charge is -2.21. The molecule has 0 saturated heterocycles. The van der Waals surface area contributed by atoms with Gasteiger partial charge in [0.1, 0.15) is 5.69 Å². The third-order valence-electron chi connectivity index (χ3n) is 9.11. The van der Waals surface area contributed by atoms with Crippen molar-refractivity contribution in [3.05, 3.63) is 158 Å². The van der Waals surface area contributed by atoms with Crippen molar-refractivity contribution < 1.29 is 0 Å². The molecular weight excluding hydrogens is 562 g/mol. The van der Waals surface area contributed by atoms with Gasteiger partial charge in [-0.1, -0.05) is 103 Å². The fourth-order valence-electron chi connectivity index (χ4n) is 6.92. The fourth-order valence-corrected chi connectivity index (χ4v) is 6.92. The number of aromatic nitrogens is 3. The van der Waals surface area contributed by atoms with Crippen molar-refractivity contribution in [2.45, 2.75) is 0 Å². The van der Waals surface area contributed by atoms with Crippen molar-refractivity contribution in [2.24, 2.45) is 0 Å². The second-order valence-electron chi connectivity index (χ2n) is 11.9. The Morgan fingerprint density at radius 1 is 0.522 bits per heavy atom. The average Bonchev–Trinajstić information content (AvgIpc) is 3.81. The normalized spacial score (nSPS) is 12.7. The Hall–Kier alpha value is -6.07. The Labute approximate surface area is 267 Å². The highest BCUT2D eigenvalue weighted by Gasteiger charge is 2.24. The lowest BCUT2D eigenvalue weighted by Crippen LogP contribution is -2.24. The summed E-state index contributed by atoms with van der Waals surface area (Å²) >= 11 is 0. The molecule has 0 saturated carbocycles. The minimum absolute atomic E-state index is 0.812. The van der Waals surface area contributed by atoms with Crippen LogP contribution < -0.4 is 9.80 Å². The summed E-state index contributed by atoms with van der Waals surface area (Å²) in [6.07, 6.45) is 2.16. The van der Waals surface area contributed by atoms with E-state index in [2.05, 4.69) is 173 Å². The molecule has 6 aromatic carbocycles. The molecule has 3 heterocycles. The van der Waals surface area contributed by atoms with E-state index in [9.17, 15) is 0 Å². The molecule has 8 aromatic rings. The molecule has 0 atom stereocenters. The van der Waals surface area contributed by atoms with Crippen LogP contribution in [0.15, 0.2) is 158 Å². The van der Waals surface area contributed by atoms with Crippen LogP contribution in [0.3, 0.4) is 0 Å². The molecule has 9 rings (SSSR count). The Morgan fingerprint density at radius 3 is 2.02 bits per heavy atom. The van der Waals surface area contributed by atoms with E-state index in [0.717, 1.165) is 45.9 Å². The second kappa shape index (κ2) is 10.5. The first-order chi connectivity index (χ1) is 22.7. The van der Waals surface area contributed by atoms with E-state index in [4.69, 9.17) is 5.10 Å². The number of hydrogen-bond donors (Lipinski definition) is 0. The summed E-state index contributed by atoms with van der Waals surface area (Å²) in [5, 5.41) is 7.63. The van der Waals surface area contributed by atoms with Crippen molar-refractivity contribution in [3.63, 3.8) is 0 Å². The highest BCUT2D eigenvalue weighted by Crippen LogP contribution is 2.41. The van der Waals surface area contributed by atoms with Gasteiger partial charge in [0.05, 0.1) is 34.8 Å². The first-order valence-corrected chi connectivity index (χ1v) is 15.7. The number of rotatable bonds is 5. The van der Waals surface area contributed by atoms with Gasteiger partial charge in [-0.2, -0.15) is 5.10 Å². The zero-order chi connectivity index (χ0) is 30.6. The van der Waals surface area contributed by atoms with Crippen molar-refractivity contribution in [1.82, 2.24) is 14.3 Å². The third kappa shape index (κ3) is 4.20. The number of fused-ring (bicyclic) bond motifs is 4. The van der Waals surface area contributed by atoms with Crippen LogP contribution in [0.25, 0.3) is 55.6 Å². The second-order valence-corrected chi connectivity index (χ2v) is 11.9. The molecule has 0 unspecified atom stereocenters. The van der Waals surface area contributed by atoms with Crippen LogP contribution in [-0.4, -0.2) is 28.1 Å². The predicted molar refractivity (Wildman–Crippen MR) is 191 cm³/mol. The molecule has 0 bridgehead atoms. The van der Waals surface area contributed by atoms with E-state index in [0.29, 0.717) is 0 Å². The van der Waals surface area contributed by atoms with Gasteiger partial charge in [0.15, 0.2) is 0 Å². The molecular formula is C41H31N5. The average molecular weight is 594 g/mol. The number of anilines is 3. The van der Waals surface area contributed by atoms with Crippen LogP contribution in [0.4, 0.5) is 17.1 Å². The van der Waals surface area contributed by atoms with E-state index in [1.54, 1.807) is 0 Å². The minimum Gasteiger partial charge on any atom is -0.355 e. The lowest BCUT2D eigenvalue weighted by molar-refractivity contribution is 0.885.